The van der Waals surface area contributed by atoms with Crippen LogP contribution in [-0.2, 0) is 11.2 Å². The molecule has 0 radical (unpaired) electrons. The first-order chi connectivity index (χ1) is 8.17. The third-order valence-corrected chi connectivity index (χ3v) is 2.38. The number of aliphatic carboxylic acids is 1. The maximum absolute atomic E-state index is 10.8. The Morgan fingerprint density at radius 1 is 1.53 bits per heavy atom. The van der Waals surface area contributed by atoms with Crippen LogP contribution in [0.1, 0.15) is 5.56 Å². The molecular formula is C13H17NO3. The monoisotopic (exact) mass is 235 g/mol. The molecule has 0 aromatic heterocycles. The summed E-state index contributed by atoms with van der Waals surface area (Å²) in [4.78, 5) is 10.8. The number of benzene rings is 1. The fourth-order valence-electron chi connectivity index (χ4n) is 1.43. The lowest BCUT2D eigenvalue weighted by Gasteiger charge is -2.11. The van der Waals surface area contributed by atoms with E-state index >= 15 is 0 Å². The molecule has 0 bridgehead atoms. The normalized spacial score (nSPS) is 11.8. The Hall–Kier alpha value is -1.81. The number of nitrogens with one attached hydrogen (secondary N) is 1. The van der Waals surface area contributed by atoms with Crippen LogP contribution >= 0.6 is 0 Å². The van der Waals surface area contributed by atoms with Gasteiger partial charge in [0.2, 0.25) is 0 Å². The fourth-order valence-corrected chi connectivity index (χ4v) is 1.43. The van der Waals surface area contributed by atoms with E-state index in [9.17, 15) is 4.79 Å². The molecule has 4 nitrogen and oxygen atoms in total. The lowest BCUT2D eigenvalue weighted by molar-refractivity contribution is -0.139. The maximum Gasteiger partial charge on any atom is 0.321 e. The number of rotatable bonds is 7. The Morgan fingerprint density at radius 2 is 2.18 bits per heavy atom. The first-order valence-electron chi connectivity index (χ1n) is 5.40. The molecule has 0 amide bonds. The molecule has 0 aliphatic carbocycles. The van der Waals surface area contributed by atoms with Gasteiger partial charge in [0, 0.05) is 0 Å². The highest BCUT2D eigenvalue weighted by Crippen LogP contribution is 2.13. The molecule has 1 atom stereocenters. The molecular weight excluding hydrogens is 218 g/mol. The van der Waals surface area contributed by atoms with E-state index in [-0.39, 0.29) is 0 Å². The van der Waals surface area contributed by atoms with Crippen molar-refractivity contribution < 1.29 is 14.6 Å². The van der Waals surface area contributed by atoms with Gasteiger partial charge in [0.15, 0.2) is 0 Å². The Kier molecular flexibility index (Phi) is 5.23. The Balaban J connectivity index is 2.61. The topological polar surface area (TPSA) is 58.6 Å². The van der Waals surface area contributed by atoms with Crippen molar-refractivity contribution in [2.75, 3.05) is 13.7 Å². The van der Waals surface area contributed by atoms with Gasteiger partial charge in [0.1, 0.15) is 18.4 Å². The van der Waals surface area contributed by atoms with E-state index < -0.39 is 12.0 Å². The van der Waals surface area contributed by atoms with E-state index in [4.69, 9.17) is 9.84 Å². The minimum atomic E-state index is -0.848. The molecule has 1 rings (SSSR count). The molecule has 0 aliphatic heterocycles. The molecule has 1 aromatic rings. The lowest BCUT2D eigenvalue weighted by atomic mass is 10.1. The molecule has 0 aliphatic rings. The number of hydrogen-bond donors (Lipinski definition) is 2. The molecule has 0 spiro atoms. The predicted molar refractivity (Wildman–Crippen MR) is 66.3 cm³/mol. The number of carboxylic acid groups (broad SMARTS) is 1. The van der Waals surface area contributed by atoms with Crippen molar-refractivity contribution in [2.45, 2.75) is 12.5 Å². The minimum Gasteiger partial charge on any atom is -0.490 e. The van der Waals surface area contributed by atoms with Gasteiger partial charge in [-0.15, -0.1) is 0 Å². The number of carbonyl (C=O) groups is 1. The van der Waals surface area contributed by atoms with Crippen LogP contribution in [0.25, 0.3) is 0 Å². The zero-order chi connectivity index (χ0) is 12.7. The standard InChI is InChI=1S/C13H17NO3/c1-3-8-17-11-6-4-10(5-7-11)9-12(14-2)13(15)16/h3-7,12,14H,1,8-9H2,2H3,(H,15,16). The van der Waals surface area contributed by atoms with E-state index in [1.54, 1.807) is 13.1 Å². The predicted octanol–water partition coefficient (Wildman–Crippen LogP) is 1.47. The second-order valence-electron chi connectivity index (χ2n) is 3.63. The van der Waals surface area contributed by atoms with Crippen LogP contribution in [-0.4, -0.2) is 30.8 Å². The first-order valence-corrected chi connectivity index (χ1v) is 5.40. The van der Waals surface area contributed by atoms with Crippen LogP contribution in [0, 0.1) is 0 Å². The maximum atomic E-state index is 10.8. The highest BCUT2D eigenvalue weighted by Gasteiger charge is 2.14. The smallest absolute Gasteiger partial charge is 0.321 e. The summed E-state index contributed by atoms with van der Waals surface area (Å²) in [7, 11) is 1.64. The van der Waals surface area contributed by atoms with Gasteiger partial charge in [-0.05, 0) is 31.2 Å². The number of carboxylic acids is 1. The minimum absolute atomic E-state index is 0.452. The lowest BCUT2D eigenvalue weighted by Crippen LogP contribution is -2.35. The third kappa shape index (κ3) is 4.28. The van der Waals surface area contributed by atoms with E-state index in [2.05, 4.69) is 11.9 Å². The van der Waals surface area contributed by atoms with Crippen molar-refractivity contribution in [3.05, 3.63) is 42.5 Å². The SMILES string of the molecule is C=CCOc1ccc(CC(NC)C(=O)O)cc1. The van der Waals surface area contributed by atoms with Gasteiger partial charge in [-0.2, -0.15) is 0 Å². The molecule has 0 saturated heterocycles. The summed E-state index contributed by atoms with van der Waals surface area (Å²) in [6.45, 7) is 4.03. The van der Waals surface area contributed by atoms with Crippen molar-refractivity contribution in [2.24, 2.45) is 0 Å². The van der Waals surface area contributed by atoms with Crippen molar-refractivity contribution >= 4 is 5.97 Å². The van der Waals surface area contributed by atoms with Gasteiger partial charge in [0.25, 0.3) is 0 Å². The van der Waals surface area contributed by atoms with Crippen LogP contribution < -0.4 is 10.1 Å². The first kappa shape index (κ1) is 13.3. The summed E-state index contributed by atoms with van der Waals surface area (Å²) < 4.78 is 5.34. The average Bonchev–Trinajstić information content (AvgIpc) is 2.34. The summed E-state index contributed by atoms with van der Waals surface area (Å²) in [5.74, 6) is -0.0931. The molecule has 17 heavy (non-hydrogen) atoms. The Bertz CT molecular complexity index is 373. The Labute approximate surface area is 101 Å². The van der Waals surface area contributed by atoms with E-state index in [1.807, 2.05) is 24.3 Å². The highest BCUT2D eigenvalue weighted by atomic mass is 16.5. The van der Waals surface area contributed by atoms with E-state index in [0.717, 1.165) is 11.3 Å². The summed E-state index contributed by atoms with van der Waals surface area (Å²) in [5.41, 5.74) is 0.956. The fraction of sp³-hybridized carbons (Fsp3) is 0.308. The van der Waals surface area contributed by atoms with E-state index in [0.29, 0.717) is 13.0 Å². The Morgan fingerprint density at radius 3 is 2.65 bits per heavy atom. The number of likely N-dealkylation sites (N-methyl/N-ethyl adjacent to an activating group) is 1. The van der Waals surface area contributed by atoms with E-state index in [1.165, 1.54) is 0 Å². The van der Waals surface area contributed by atoms with Gasteiger partial charge in [-0.1, -0.05) is 24.8 Å². The van der Waals surface area contributed by atoms with Crippen LogP contribution in [0.15, 0.2) is 36.9 Å². The summed E-state index contributed by atoms with van der Waals surface area (Å²) in [6, 6.07) is 6.83. The average molecular weight is 235 g/mol. The molecule has 2 N–H and O–H groups in total. The van der Waals surface area contributed by atoms with Gasteiger partial charge in [-0.3, -0.25) is 4.79 Å². The van der Waals surface area contributed by atoms with Crippen molar-refractivity contribution in [1.29, 1.82) is 0 Å². The molecule has 0 saturated carbocycles. The molecule has 0 heterocycles. The quantitative estimate of drug-likeness (QED) is 0.703. The van der Waals surface area contributed by atoms with Crippen molar-refractivity contribution in [3.8, 4) is 5.75 Å². The van der Waals surface area contributed by atoms with Crippen LogP contribution in [0.3, 0.4) is 0 Å². The van der Waals surface area contributed by atoms with Gasteiger partial charge in [0.05, 0.1) is 0 Å². The van der Waals surface area contributed by atoms with Gasteiger partial charge in [-0.25, -0.2) is 0 Å². The second kappa shape index (κ2) is 6.70. The van der Waals surface area contributed by atoms with Crippen molar-refractivity contribution in [3.63, 3.8) is 0 Å². The van der Waals surface area contributed by atoms with Gasteiger partial charge < -0.3 is 15.2 Å². The largest absolute Gasteiger partial charge is 0.490 e. The second-order valence-corrected chi connectivity index (χ2v) is 3.63. The third-order valence-electron chi connectivity index (χ3n) is 2.38. The molecule has 92 valence electrons. The van der Waals surface area contributed by atoms with Crippen molar-refractivity contribution in [1.82, 2.24) is 5.32 Å². The number of hydrogen-bond acceptors (Lipinski definition) is 3. The molecule has 4 heteroatoms. The molecule has 1 unspecified atom stereocenters. The summed E-state index contributed by atoms with van der Waals surface area (Å²) in [5, 5.41) is 11.7. The zero-order valence-electron chi connectivity index (χ0n) is 9.85. The molecule has 0 fully saturated rings. The zero-order valence-corrected chi connectivity index (χ0v) is 9.85. The highest BCUT2D eigenvalue weighted by molar-refractivity contribution is 5.73. The van der Waals surface area contributed by atoms with Crippen LogP contribution in [0.5, 0.6) is 5.75 Å². The summed E-state index contributed by atoms with van der Waals surface area (Å²) in [6.07, 6.45) is 2.13. The van der Waals surface area contributed by atoms with Crippen LogP contribution in [0.4, 0.5) is 0 Å². The molecule has 1 aromatic carbocycles. The van der Waals surface area contributed by atoms with Crippen LogP contribution in [0.2, 0.25) is 0 Å². The van der Waals surface area contributed by atoms with Gasteiger partial charge >= 0.3 is 5.97 Å². The number of ether oxygens (including phenoxy) is 1. The summed E-state index contributed by atoms with van der Waals surface area (Å²) >= 11 is 0.